The third-order valence-electron chi connectivity index (χ3n) is 5.99. The van der Waals surface area contributed by atoms with Gasteiger partial charge in [0, 0.05) is 22.6 Å². The van der Waals surface area contributed by atoms with Crippen molar-refractivity contribution in [3.8, 4) is 0 Å². The first-order valence-electron chi connectivity index (χ1n) is 11.5. The Labute approximate surface area is 228 Å². The average molecular weight is 610 g/mol. The fourth-order valence-electron chi connectivity index (χ4n) is 3.88. The summed E-state index contributed by atoms with van der Waals surface area (Å²) >= 11 is 15.1. The molecule has 1 atom stereocenters. The first-order valence-corrected chi connectivity index (χ1v) is 13.0. The molecule has 3 rings (SSSR count). The predicted molar refractivity (Wildman–Crippen MR) is 144 cm³/mol. The first kappa shape index (κ1) is 30.8. The number of carbonyl (C=O) groups is 1. The second-order valence-corrected chi connectivity index (χ2v) is 10.2. The van der Waals surface area contributed by atoms with Gasteiger partial charge in [-0.2, -0.15) is 13.2 Å². The molecule has 36 heavy (non-hydrogen) atoms. The zero-order valence-corrected chi connectivity index (χ0v) is 23.2. The van der Waals surface area contributed by atoms with Crippen molar-refractivity contribution >= 4 is 51.5 Å². The molecular formula is C26H30BrCl2F3N2O2. The molecule has 1 fully saturated rings. The van der Waals surface area contributed by atoms with Crippen LogP contribution in [0.2, 0.25) is 10.0 Å². The van der Waals surface area contributed by atoms with Gasteiger partial charge in [-0.3, -0.25) is 4.79 Å². The van der Waals surface area contributed by atoms with Crippen molar-refractivity contribution < 1.29 is 23.1 Å². The molecular weight excluding hydrogens is 580 g/mol. The number of hydrogen-bond donors (Lipinski definition) is 2. The van der Waals surface area contributed by atoms with Crippen LogP contribution in [0.3, 0.4) is 0 Å². The van der Waals surface area contributed by atoms with Crippen molar-refractivity contribution in [1.82, 2.24) is 10.2 Å². The molecule has 1 heterocycles. The van der Waals surface area contributed by atoms with E-state index < -0.39 is 12.1 Å². The quantitative estimate of drug-likeness (QED) is 0.335. The van der Waals surface area contributed by atoms with Gasteiger partial charge >= 0.3 is 6.18 Å². The van der Waals surface area contributed by atoms with Gasteiger partial charge in [-0.15, -0.1) is 0 Å². The average Bonchev–Trinajstić information content (AvgIpc) is 2.83. The van der Waals surface area contributed by atoms with Gasteiger partial charge in [-0.1, -0.05) is 63.4 Å². The lowest BCUT2D eigenvalue weighted by atomic mass is 9.95. The summed E-state index contributed by atoms with van der Waals surface area (Å²) in [6, 6.07) is 7.98. The van der Waals surface area contributed by atoms with Crippen LogP contribution in [0.4, 0.5) is 13.2 Å². The number of benzene rings is 2. The number of hydrogen-bond acceptors (Lipinski definition) is 4. The molecule has 0 spiro atoms. The highest BCUT2D eigenvalue weighted by Gasteiger charge is 2.39. The Morgan fingerprint density at radius 1 is 1.22 bits per heavy atom. The minimum atomic E-state index is -4.49. The van der Waals surface area contributed by atoms with Crippen LogP contribution in [-0.4, -0.2) is 61.8 Å². The van der Waals surface area contributed by atoms with Crippen LogP contribution in [0.1, 0.15) is 45.8 Å². The third kappa shape index (κ3) is 9.15. The second kappa shape index (κ2) is 14.5. The molecule has 2 aromatic carbocycles. The zero-order valence-electron chi connectivity index (χ0n) is 20.1. The molecule has 0 radical (unpaired) electrons. The number of aryl methyl sites for hydroxylation is 1. The summed E-state index contributed by atoms with van der Waals surface area (Å²) < 4.78 is 41.0. The molecule has 0 amide bonds. The molecule has 4 nitrogen and oxygen atoms in total. The number of halogens is 6. The SMILES string of the molecule is CNC1CCN(CCO)CC1.Cc1cc(C(/C=C/c2ccc(C=O)c(Br)c2)C(F)(F)F)cc(Cl)c1Cl. The van der Waals surface area contributed by atoms with E-state index in [0.29, 0.717) is 40.1 Å². The van der Waals surface area contributed by atoms with E-state index in [1.165, 1.54) is 37.1 Å². The summed E-state index contributed by atoms with van der Waals surface area (Å²) in [5, 5.41) is 12.3. The normalized spacial score (nSPS) is 16.0. The van der Waals surface area contributed by atoms with E-state index in [1.54, 1.807) is 19.1 Å². The Hall–Kier alpha value is -1.42. The van der Waals surface area contributed by atoms with Crippen LogP contribution in [0.5, 0.6) is 0 Å². The maximum absolute atomic E-state index is 13.5. The van der Waals surface area contributed by atoms with Crippen LogP contribution >= 0.6 is 39.1 Å². The molecule has 1 unspecified atom stereocenters. The minimum Gasteiger partial charge on any atom is -0.395 e. The molecule has 0 aromatic heterocycles. The summed E-state index contributed by atoms with van der Waals surface area (Å²) in [5.41, 5.74) is 1.44. The van der Waals surface area contributed by atoms with Gasteiger partial charge in [-0.05, 0) is 74.8 Å². The summed E-state index contributed by atoms with van der Waals surface area (Å²) in [5.74, 6) is -1.83. The molecule has 0 bridgehead atoms. The van der Waals surface area contributed by atoms with Crippen LogP contribution in [0.25, 0.3) is 6.08 Å². The first-order chi connectivity index (χ1) is 17.0. The smallest absolute Gasteiger partial charge is 0.395 e. The van der Waals surface area contributed by atoms with Gasteiger partial charge in [0.25, 0.3) is 0 Å². The van der Waals surface area contributed by atoms with Crippen molar-refractivity contribution in [2.24, 2.45) is 0 Å². The summed E-state index contributed by atoms with van der Waals surface area (Å²) in [4.78, 5) is 13.1. The number of rotatable bonds is 7. The lowest BCUT2D eigenvalue weighted by Gasteiger charge is -2.31. The number of likely N-dealkylation sites (tertiary alicyclic amines) is 1. The van der Waals surface area contributed by atoms with Gasteiger partial charge < -0.3 is 15.3 Å². The third-order valence-corrected chi connectivity index (χ3v) is 7.57. The maximum Gasteiger partial charge on any atom is 0.399 e. The van der Waals surface area contributed by atoms with Gasteiger partial charge in [0.1, 0.15) is 0 Å². The maximum atomic E-state index is 13.5. The molecule has 1 saturated heterocycles. The number of β-amino-alcohol motifs (C(OH)–C–C–N with tert-alkyl or cyclic N) is 1. The number of allylic oxidation sites excluding steroid dienone is 1. The van der Waals surface area contributed by atoms with Crippen molar-refractivity contribution in [1.29, 1.82) is 0 Å². The fourth-order valence-corrected chi connectivity index (χ4v) is 4.75. The van der Waals surface area contributed by atoms with E-state index in [-0.39, 0.29) is 15.6 Å². The van der Waals surface area contributed by atoms with Gasteiger partial charge in [-0.25, -0.2) is 0 Å². The fraction of sp³-hybridized carbons (Fsp3) is 0.423. The van der Waals surface area contributed by atoms with Crippen molar-refractivity contribution in [2.45, 2.75) is 37.9 Å². The number of nitrogens with zero attached hydrogens (tertiary/aromatic N) is 1. The van der Waals surface area contributed by atoms with E-state index in [9.17, 15) is 18.0 Å². The van der Waals surface area contributed by atoms with Crippen LogP contribution in [0.15, 0.2) is 40.9 Å². The molecule has 10 heteroatoms. The van der Waals surface area contributed by atoms with Crippen LogP contribution < -0.4 is 5.32 Å². The lowest BCUT2D eigenvalue weighted by molar-refractivity contribution is -0.139. The van der Waals surface area contributed by atoms with E-state index in [4.69, 9.17) is 28.3 Å². The molecule has 2 N–H and O–H groups in total. The Balaban J connectivity index is 0.000000346. The minimum absolute atomic E-state index is 0.0132. The molecule has 0 saturated carbocycles. The van der Waals surface area contributed by atoms with E-state index >= 15 is 0 Å². The monoisotopic (exact) mass is 608 g/mol. The van der Waals surface area contributed by atoms with Crippen molar-refractivity contribution in [3.63, 3.8) is 0 Å². The van der Waals surface area contributed by atoms with Crippen molar-refractivity contribution in [2.75, 3.05) is 33.3 Å². The van der Waals surface area contributed by atoms with Crippen LogP contribution in [-0.2, 0) is 0 Å². The molecule has 1 aliphatic heterocycles. The topological polar surface area (TPSA) is 52.6 Å². The number of aliphatic hydroxyl groups excluding tert-OH is 1. The molecule has 198 valence electrons. The second-order valence-electron chi connectivity index (χ2n) is 8.54. The Bertz CT molecular complexity index is 1020. The predicted octanol–water partition coefficient (Wildman–Crippen LogP) is 6.90. The number of aldehydes is 1. The molecule has 2 aromatic rings. The molecule has 1 aliphatic rings. The Morgan fingerprint density at radius 2 is 1.89 bits per heavy atom. The standard InChI is InChI=1S/C18H12BrCl2F3O.C8H18N2O/c1-10-6-13(8-16(20)17(10)21)14(18(22,23)24)5-3-11-2-4-12(9-25)15(19)7-11;1-9-8-2-4-10(5-3-8)6-7-11/h2-9,14H,1H3;8-9,11H,2-7H2,1H3/b5-3+;. The van der Waals surface area contributed by atoms with E-state index in [0.717, 1.165) is 25.7 Å². The Morgan fingerprint density at radius 3 is 2.39 bits per heavy atom. The lowest BCUT2D eigenvalue weighted by Crippen LogP contribution is -2.42. The highest BCUT2D eigenvalue weighted by molar-refractivity contribution is 9.10. The largest absolute Gasteiger partial charge is 0.399 e. The number of piperidine rings is 1. The summed E-state index contributed by atoms with van der Waals surface area (Å²) in [6.45, 7) is 5.00. The van der Waals surface area contributed by atoms with Gasteiger partial charge in [0.2, 0.25) is 0 Å². The van der Waals surface area contributed by atoms with Gasteiger partial charge in [0.05, 0.1) is 22.6 Å². The van der Waals surface area contributed by atoms with E-state index in [2.05, 4.69) is 26.1 Å². The Kier molecular flexibility index (Phi) is 12.4. The number of carbonyl (C=O) groups excluding carboxylic acids is 1. The number of alkyl halides is 3. The highest BCUT2D eigenvalue weighted by atomic mass is 79.9. The summed E-state index contributed by atoms with van der Waals surface area (Å²) in [7, 11) is 2.02. The summed E-state index contributed by atoms with van der Waals surface area (Å²) in [6.07, 6.45) is 1.03. The number of aliphatic hydroxyl groups is 1. The zero-order chi connectivity index (χ0) is 26.9. The van der Waals surface area contributed by atoms with Gasteiger partial charge in [0.15, 0.2) is 6.29 Å². The van der Waals surface area contributed by atoms with E-state index in [1.807, 2.05) is 7.05 Å². The van der Waals surface area contributed by atoms with Crippen molar-refractivity contribution in [3.05, 3.63) is 73.2 Å². The number of nitrogens with one attached hydrogen (secondary N) is 1. The van der Waals surface area contributed by atoms with Crippen LogP contribution in [0, 0.1) is 6.92 Å². The molecule has 0 aliphatic carbocycles. The highest BCUT2D eigenvalue weighted by Crippen LogP contribution is 2.39.